The van der Waals surface area contributed by atoms with Gasteiger partial charge in [0.25, 0.3) is 0 Å². The monoisotopic (exact) mass is 404 g/mol. The van der Waals surface area contributed by atoms with Crippen molar-refractivity contribution in [1.29, 1.82) is 0 Å². The Hall–Kier alpha value is -3.59. The first-order chi connectivity index (χ1) is 14.7. The van der Waals surface area contributed by atoms with E-state index >= 15 is 0 Å². The minimum Gasteiger partial charge on any atom is -0.370 e. The summed E-state index contributed by atoms with van der Waals surface area (Å²) in [5.41, 5.74) is 2.81. The Balaban J connectivity index is 1.63. The average Bonchev–Trinajstić information content (AvgIpc) is 2.73. The Morgan fingerprint density at radius 3 is 2.83 bits per heavy atom. The molecule has 6 bridgehead atoms. The zero-order valence-corrected chi connectivity index (χ0v) is 16.8. The molecule has 0 saturated carbocycles. The lowest BCUT2D eigenvalue weighted by molar-refractivity contribution is -0.122. The summed E-state index contributed by atoms with van der Waals surface area (Å²) in [6.45, 7) is 2.30. The fourth-order valence-corrected chi connectivity index (χ4v) is 3.24. The van der Waals surface area contributed by atoms with Crippen molar-refractivity contribution < 1.29 is 4.79 Å². The Morgan fingerprint density at radius 2 is 1.90 bits per heavy atom. The van der Waals surface area contributed by atoms with Gasteiger partial charge in [-0.05, 0) is 43.3 Å². The van der Waals surface area contributed by atoms with Gasteiger partial charge in [-0.3, -0.25) is 9.69 Å². The van der Waals surface area contributed by atoms with Crippen LogP contribution in [0, 0.1) is 0 Å². The van der Waals surface area contributed by atoms with E-state index in [4.69, 9.17) is 0 Å². The Labute approximate surface area is 175 Å². The molecule has 0 spiro atoms. The highest BCUT2D eigenvalue weighted by Gasteiger charge is 2.09. The van der Waals surface area contributed by atoms with E-state index in [9.17, 15) is 4.79 Å². The summed E-state index contributed by atoms with van der Waals surface area (Å²) in [4.78, 5) is 31.6. The number of hydrogen-bond acceptors (Lipinski definition) is 8. The van der Waals surface area contributed by atoms with Crippen molar-refractivity contribution >= 4 is 23.4 Å². The number of benzene rings is 1. The molecule has 4 rings (SSSR count). The van der Waals surface area contributed by atoms with E-state index < -0.39 is 0 Å². The Morgan fingerprint density at radius 1 is 1.00 bits per heavy atom. The minimum atomic E-state index is 0.0142. The van der Waals surface area contributed by atoms with Crippen LogP contribution in [0.25, 0.3) is 11.4 Å². The van der Waals surface area contributed by atoms with Crippen LogP contribution in [-0.4, -0.2) is 57.4 Å². The van der Waals surface area contributed by atoms with Crippen LogP contribution in [0.2, 0.25) is 0 Å². The first-order valence-corrected chi connectivity index (χ1v) is 9.86. The second-order valence-electron chi connectivity index (χ2n) is 7.19. The van der Waals surface area contributed by atoms with Gasteiger partial charge >= 0.3 is 0 Å². The van der Waals surface area contributed by atoms with Crippen LogP contribution >= 0.6 is 0 Å². The molecule has 0 radical (unpaired) electrons. The van der Waals surface area contributed by atoms with Gasteiger partial charge in [-0.15, -0.1) is 0 Å². The molecular formula is C21H24N8O. The van der Waals surface area contributed by atoms with Gasteiger partial charge in [0.15, 0.2) is 5.82 Å². The maximum Gasteiger partial charge on any atom is 0.234 e. The highest BCUT2D eigenvalue weighted by molar-refractivity contribution is 5.77. The molecule has 3 heterocycles. The van der Waals surface area contributed by atoms with Gasteiger partial charge in [0, 0.05) is 37.1 Å². The van der Waals surface area contributed by atoms with Crippen molar-refractivity contribution in [1.82, 2.24) is 30.2 Å². The van der Waals surface area contributed by atoms with Gasteiger partial charge in [0.1, 0.15) is 12.1 Å². The SMILES string of the molecule is CN1CC(=O)NCCCNc2cc(ccn2)-c2ncnc(n2)Nc2cccc(c2)C1. The standard InChI is InChI=1S/C21H24N8O/c1-29-12-15-4-2-5-17(10-15)27-21-26-14-25-20(28-21)16-6-9-23-18(11-16)22-7-3-8-24-19(30)13-29/h2,4-6,9-11,14H,3,7-8,12-13H2,1H3,(H,22,23)(H,24,30)(H,25,26,27,28). The summed E-state index contributed by atoms with van der Waals surface area (Å²) in [6.07, 6.45) is 4.01. The number of carbonyl (C=O) groups is 1. The molecule has 30 heavy (non-hydrogen) atoms. The number of nitrogens with zero attached hydrogens (tertiary/aromatic N) is 5. The number of amides is 1. The predicted molar refractivity (Wildman–Crippen MR) is 115 cm³/mol. The van der Waals surface area contributed by atoms with Gasteiger partial charge in [-0.2, -0.15) is 4.98 Å². The summed E-state index contributed by atoms with van der Waals surface area (Å²) >= 11 is 0. The Bertz CT molecular complexity index is 1030. The normalized spacial score (nSPS) is 15.6. The zero-order valence-electron chi connectivity index (χ0n) is 16.8. The number of nitrogens with one attached hydrogen (secondary N) is 3. The molecule has 9 nitrogen and oxygen atoms in total. The molecule has 9 heteroatoms. The molecule has 0 saturated heterocycles. The molecule has 1 amide bonds. The lowest BCUT2D eigenvalue weighted by atomic mass is 10.2. The molecule has 1 aliphatic rings. The fraction of sp³-hybridized carbons (Fsp3) is 0.286. The third-order valence-corrected chi connectivity index (χ3v) is 4.62. The maximum absolute atomic E-state index is 12.2. The van der Waals surface area contributed by atoms with Crippen molar-refractivity contribution in [2.45, 2.75) is 13.0 Å². The second kappa shape index (κ2) is 9.27. The van der Waals surface area contributed by atoms with Gasteiger partial charge in [0.2, 0.25) is 11.9 Å². The first-order valence-electron chi connectivity index (χ1n) is 9.86. The molecule has 0 atom stereocenters. The zero-order chi connectivity index (χ0) is 20.8. The van der Waals surface area contributed by atoms with Crippen molar-refractivity contribution in [2.24, 2.45) is 0 Å². The highest BCUT2D eigenvalue weighted by Crippen LogP contribution is 2.20. The van der Waals surface area contributed by atoms with E-state index in [0.717, 1.165) is 29.1 Å². The third-order valence-electron chi connectivity index (χ3n) is 4.62. The lowest BCUT2D eigenvalue weighted by Gasteiger charge is -2.17. The van der Waals surface area contributed by atoms with E-state index in [2.05, 4.69) is 35.9 Å². The molecule has 3 N–H and O–H groups in total. The molecule has 0 aliphatic carbocycles. The van der Waals surface area contributed by atoms with Crippen LogP contribution in [-0.2, 0) is 11.3 Å². The van der Waals surface area contributed by atoms with E-state index in [0.29, 0.717) is 38.0 Å². The molecule has 2 aromatic heterocycles. The smallest absolute Gasteiger partial charge is 0.234 e. The van der Waals surface area contributed by atoms with Crippen molar-refractivity contribution in [3.63, 3.8) is 0 Å². The van der Waals surface area contributed by atoms with Crippen molar-refractivity contribution in [3.8, 4) is 11.4 Å². The van der Waals surface area contributed by atoms with Gasteiger partial charge in [0.05, 0.1) is 6.54 Å². The van der Waals surface area contributed by atoms with Crippen LogP contribution in [0.4, 0.5) is 17.5 Å². The number of carbonyl (C=O) groups excluding carboxylic acids is 1. The molecular weight excluding hydrogens is 380 g/mol. The third kappa shape index (κ3) is 5.26. The van der Waals surface area contributed by atoms with Gasteiger partial charge < -0.3 is 16.0 Å². The maximum atomic E-state index is 12.2. The Kier molecular flexibility index (Phi) is 6.09. The second-order valence-corrected chi connectivity index (χ2v) is 7.19. The molecule has 3 aromatic rings. The van der Waals surface area contributed by atoms with E-state index in [1.807, 2.05) is 48.3 Å². The molecule has 1 aliphatic heterocycles. The number of pyridine rings is 1. The quantitative estimate of drug-likeness (QED) is 0.522. The number of likely N-dealkylation sites (N-methyl/N-ethyl adjacent to an activating group) is 1. The number of aromatic nitrogens is 4. The van der Waals surface area contributed by atoms with E-state index in [-0.39, 0.29) is 5.91 Å². The van der Waals surface area contributed by atoms with Crippen molar-refractivity contribution in [2.75, 3.05) is 37.3 Å². The average molecular weight is 404 g/mol. The fourth-order valence-electron chi connectivity index (χ4n) is 3.24. The van der Waals surface area contributed by atoms with Crippen LogP contribution in [0.1, 0.15) is 12.0 Å². The molecule has 154 valence electrons. The van der Waals surface area contributed by atoms with Crippen molar-refractivity contribution in [3.05, 3.63) is 54.5 Å². The minimum absolute atomic E-state index is 0.0142. The summed E-state index contributed by atoms with van der Waals surface area (Å²) < 4.78 is 0. The number of hydrogen-bond donors (Lipinski definition) is 3. The summed E-state index contributed by atoms with van der Waals surface area (Å²) in [7, 11) is 1.93. The summed E-state index contributed by atoms with van der Waals surface area (Å²) in [5.74, 6) is 1.78. The van der Waals surface area contributed by atoms with E-state index in [1.165, 1.54) is 6.33 Å². The number of fused-ring (bicyclic) bond motifs is 7. The highest BCUT2D eigenvalue weighted by atomic mass is 16.2. The van der Waals surface area contributed by atoms with E-state index in [1.54, 1.807) is 6.20 Å². The largest absolute Gasteiger partial charge is 0.370 e. The number of rotatable bonds is 0. The van der Waals surface area contributed by atoms with Crippen LogP contribution in [0.3, 0.4) is 0 Å². The number of anilines is 3. The van der Waals surface area contributed by atoms with Gasteiger partial charge in [-0.25, -0.2) is 15.0 Å². The summed E-state index contributed by atoms with van der Waals surface area (Å²) in [6, 6.07) is 11.8. The first kappa shape index (κ1) is 19.7. The van der Waals surface area contributed by atoms with Crippen LogP contribution in [0.15, 0.2) is 48.9 Å². The summed E-state index contributed by atoms with van der Waals surface area (Å²) in [5, 5.41) is 9.48. The molecule has 0 unspecified atom stereocenters. The lowest BCUT2D eigenvalue weighted by Crippen LogP contribution is -2.35. The van der Waals surface area contributed by atoms with Gasteiger partial charge in [-0.1, -0.05) is 12.1 Å². The topological polar surface area (TPSA) is 108 Å². The van der Waals surface area contributed by atoms with Crippen LogP contribution in [0.5, 0.6) is 0 Å². The molecule has 0 fully saturated rings. The molecule has 1 aromatic carbocycles. The van der Waals surface area contributed by atoms with Crippen LogP contribution < -0.4 is 16.0 Å². The predicted octanol–water partition coefficient (Wildman–Crippen LogP) is 2.04.